The number of unbranched alkanes of at least 4 members (excludes halogenated alkanes) is 12. The van der Waals surface area contributed by atoms with E-state index in [1.165, 1.54) is 89.0 Å². The molecule has 3 heteroatoms. The Morgan fingerprint density at radius 3 is 1.57 bits per heavy atom. The number of carbonyl (C=O) groups excluding carboxylic acids is 1. The predicted molar refractivity (Wildman–Crippen MR) is 158 cm³/mol. The number of ether oxygens (including phenoxy) is 1. The molecule has 0 aliphatic carbocycles. The molecule has 0 fully saturated rings. The summed E-state index contributed by atoms with van der Waals surface area (Å²) in [6.45, 7) is 2.28. The van der Waals surface area contributed by atoms with Crippen LogP contribution in [0.5, 0.6) is 5.75 Å². The monoisotopic (exact) mass is 518 g/mol. The van der Waals surface area contributed by atoms with E-state index in [0.717, 1.165) is 17.5 Å². The Labute approximate surface area is 229 Å². The van der Waals surface area contributed by atoms with E-state index in [1.807, 2.05) is 24.3 Å². The largest absolute Gasteiger partial charge is 0.423 e. The third-order valence-electron chi connectivity index (χ3n) is 7.00. The van der Waals surface area contributed by atoms with Crippen molar-refractivity contribution >= 4 is 17.6 Å². The Hall–Kier alpha value is -2.58. The van der Waals surface area contributed by atoms with Gasteiger partial charge in [-0.3, -0.25) is 0 Å². The Bertz CT molecular complexity index is 1020. The molecule has 37 heavy (non-hydrogen) atoms. The molecule has 0 heterocycles. The third kappa shape index (κ3) is 11.1. The van der Waals surface area contributed by atoms with Crippen LogP contribution >= 0.6 is 11.6 Å². The molecular formula is C34H43ClO2. The lowest BCUT2D eigenvalue weighted by molar-refractivity contribution is 0.0735. The van der Waals surface area contributed by atoms with E-state index in [0.29, 0.717) is 16.3 Å². The molecule has 0 saturated heterocycles. The lowest BCUT2D eigenvalue weighted by Gasteiger charge is -2.07. The number of aryl methyl sites for hydroxylation is 1. The molecule has 0 amide bonds. The van der Waals surface area contributed by atoms with Crippen molar-refractivity contribution in [2.45, 2.75) is 96.8 Å². The molecule has 0 aromatic heterocycles. The highest BCUT2D eigenvalue weighted by molar-refractivity contribution is 6.30. The molecule has 0 radical (unpaired) electrons. The Balaban J connectivity index is 1.30. The SMILES string of the molecule is CCCCCCCCCCCCCCCc1ccc(-c2ccc(C(=O)Oc3ccc(Cl)cc3)cc2)cc1. The zero-order valence-corrected chi connectivity index (χ0v) is 23.3. The summed E-state index contributed by atoms with van der Waals surface area (Å²) in [7, 11) is 0. The van der Waals surface area contributed by atoms with E-state index < -0.39 is 0 Å². The van der Waals surface area contributed by atoms with Gasteiger partial charge in [-0.25, -0.2) is 4.79 Å². The van der Waals surface area contributed by atoms with Gasteiger partial charge in [-0.15, -0.1) is 0 Å². The van der Waals surface area contributed by atoms with Crippen molar-refractivity contribution in [1.29, 1.82) is 0 Å². The summed E-state index contributed by atoms with van der Waals surface area (Å²) in [6, 6.07) is 23.2. The number of benzene rings is 3. The van der Waals surface area contributed by atoms with Crippen molar-refractivity contribution in [3.8, 4) is 16.9 Å². The number of hydrogen-bond donors (Lipinski definition) is 0. The van der Waals surface area contributed by atoms with Crippen LogP contribution in [0.15, 0.2) is 72.8 Å². The molecule has 3 aromatic carbocycles. The van der Waals surface area contributed by atoms with Crippen molar-refractivity contribution in [2.75, 3.05) is 0 Å². The van der Waals surface area contributed by atoms with E-state index in [2.05, 4.69) is 31.2 Å². The van der Waals surface area contributed by atoms with Crippen LogP contribution in [0.1, 0.15) is 106 Å². The Morgan fingerprint density at radius 1 is 0.595 bits per heavy atom. The summed E-state index contributed by atoms with van der Waals surface area (Å²) in [5.74, 6) is 0.111. The summed E-state index contributed by atoms with van der Waals surface area (Å²) >= 11 is 5.88. The summed E-state index contributed by atoms with van der Waals surface area (Å²) < 4.78 is 5.42. The summed E-state index contributed by atoms with van der Waals surface area (Å²) in [4.78, 5) is 12.4. The maximum atomic E-state index is 12.4. The van der Waals surface area contributed by atoms with Gasteiger partial charge in [-0.05, 0) is 65.9 Å². The molecule has 3 aromatic rings. The van der Waals surface area contributed by atoms with Crippen LogP contribution in [-0.2, 0) is 6.42 Å². The van der Waals surface area contributed by atoms with E-state index in [9.17, 15) is 4.79 Å². The second-order valence-corrected chi connectivity index (χ2v) is 10.5. The Kier molecular flexibility index (Phi) is 13.3. The molecule has 0 spiro atoms. The maximum Gasteiger partial charge on any atom is 0.343 e. The standard InChI is InChI=1S/C34H43ClO2/c1-2-3-4-5-6-7-8-9-10-11-12-13-14-15-28-16-18-29(19-17-28)30-20-22-31(23-21-30)34(36)37-33-26-24-32(35)25-27-33/h16-27H,2-15H2,1H3. The van der Waals surface area contributed by atoms with Gasteiger partial charge in [0.15, 0.2) is 0 Å². The average molecular weight is 519 g/mol. The topological polar surface area (TPSA) is 26.3 Å². The number of rotatable bonds is 17. The molecule has 0 bridgehead atoms. The van der Waals surface area contributed by atoms with Gasteiger partial charge in [-0.2, -0.15) is 0 Å². The van der Waals surface area contributed by atoms with Crippen molar-refractivity contribution < 1.29 is 9.53 Å². The van der Waals surface area contributed by atoms with Gasteiger partial charge in [-0.1, -0.05) is 132 Å². The molecule has 0 unspecified atom stereocenters. The van der Waals surface area contributed by atoms with E-state index in [1.54, 1.807) is 24.3 Å². The predicted octanol–water partition coefficient (Wildman–Crippen LogP) is 10.9. The van der Waals surface area contributed by atoms with Crippen LogP contribution in [0.4, 0.5) is 0 Å². The molecule has 2 nitrogen and oxygen atoms in total. The fourth-order valence-corrected chi connectivity index (χ4v) is 4.80. The quantitative estimate of drug-likeness (QED) is 0.101. The van der Waals surface area contributed by atoms with Gasteiger partial charge in [0.2, 0.25) is 0 Å². The normalized spacial score (nSPS) is 11.0. The molecule has 0 N–H and O–H groups in total. The third-order valence-corrected chi connectivity index (χ3v) is 7.25. The Morgan fingerprint density at radius 2 is 1.05 bits per heavy atom. The van der Waals surface area contributed by atoms with Gasteiger partial charge in [0.1, 0.15) is 5.75 Å². The first-order valence-electron chi connectivity index (χ1n) is 14.3. The van der Waals surface area contributed by atoms with Gasteiger partial charge in [0.25, 0.3) is 0 Å². The molecule has 0 atom stereocenters. The van der Waals surface area contributed by atoms with Gasteiger partial charge in [0.05, 0.1) is 5.56 Å². The zero-order chi connectivity index (χ0) is 26.1. The average Bonchev–Trinajstić information content (AvgIpc) is 2.93. The summed E-state index contributed by atoms with van der Waals surface area (Å²) in [5, 5.41) is 0.611. The minimum absolute atomic E-state index is 0.373. The maximum absolute atomic E-state index is 12.4. The number of carbonyl (C=O) groups is 1. The second-order valence-electron chi connectivity index (χ2n) is 10.1. The van der Waals surface area contributed by atoms with Gasteiger partial charge >= 0.3 is 5.97 Å². The van der Waals surface area contributed by atoms with Crippen LogP contribution in [0.2, 0.25) is 5.02 Å². The smallest absolute Gasteiger partial charge is 0.343 e. The summed E-state index contributed by atoms with van der Waals surface area (Å²) in [6.07, 6.45) is 19.2. The minimum Gasteiger partial charge on any atom is -0.423 e. The number of esters is 1. The van der Waals surface area contributed by atoms with E-state index in [-0.39, 0.29) is 5.97 Å². The van der Waals surface area contributed by atoms with Crippen molar-refractivity contribution in [2.24, 2.45) is 0 Å². The first-order valence-corrected chi connectivity index (χ1v) is 14.7. The molecule has 3 rings (SSSR count). The lowest BCUT2D eigenvalue weighted by atomic mass is 10.00. The van der Waals surface area contributed by atoms with Gasteiger partial charge < -0.3 is 4.74 Å². The lowest BCUT2D eigenvalue weighted by Crippen LogP contribution is -2.08. The first kappa shape index (κ1) is 29.0. The van der Waals surface area contributed by atoms with Crippen LogP contribution in [0.3, 0.4) is 0 Å². The summed E-state index contributed by atoms with van der Waals surface area (Å²) in [5.41, 5.74) is 4.18. The molecule has 0 saturated carbocycles. The zero-order valence-electron chi connectivity index (χ0n) is 22.5. The number of halogens is 1. The van der Waals surface area contributed by atoms with Crippen molar-refractivity contribution in [1.82, 2.24) is 0 Å². The highest BCUT2D eigenvalue weighted by Gasteiger charge is 2.09. The molecule has 198 valence electrons. The fourth-order valence-electron chi connectivity index (χ4n) is 4.68. The van der Waals surface area contributed by atoms with Crippen LogP contribution in [0, 0.1) is 0 Å². The van der Waals surface area contributed by atoms with E-state index >= 15 is 0 Å². The van der Waals surface area contributed by atoms with Crippen LogP contribution in [0.25, 0.3) is 11.1 Å². The number of hydrogen-bond acceptors (Lipinski definition) is 2. The molecular weight excluding hydrogens is 476 g/mol. The van der Waals surface area contributed by atoms with E-state index in [4.69, 9.17) is 16.3 Å². The fraction of sp³-hybridized carbons (Fsp3) is 0.441. The highest BCUT2D eigenvalue weighted by atomic mass is 35.5. The van der Waals surface area contributed by atoms with Crippen LogP contribution < -0.4 is 4.74 Å². The first-order chi connectivity index (χ1) is 18.2. The molecule has 0 aliphatic rings. The van der Waals surface area contributed by atoms with Crippen molar-refractivity contribution in [3.63, 3.8) is 0 Å². The van der Waals surface area contributed by atoms with Gasteiger partial charge in [0, 0.05) is 5.02 Å². The second kappa shape index (κ2) is 17.0. The molecule has 0 aliphatic heterocycles. The van der Waals surface area contributed by atoms with Crippen LogP contribution in [-0.4, -0.2) is 5.97 Å². The van der Waals surface area contributed by atoms with Crippen molar-refractivity contribution in [3.05, 3.63) is 88.9 Å². The minimum atomic E-state index is -0.373. The highest BCUT2D eigenvalue weighted by Crippen LogP contribution is 2.23.